The number of nitrogens with zero attached hydrogens (tertiary/aromatic N) is 2. The number of amides is 1. The number of aromatic nitrogens is 2. The van der Waals surface area contributed by atoms with E-state index < -0.39 is 15.9 Å². The van der Waals surface area contributed by atoms with Crippen LogP contribution < -0.4 is 10.0 Å². The molecule has 0 saturated heterocycles. The van der Waals surface area contributed by atoms with Gasteiger partial charge in [0.2, 0.25) is 15.2 Å². The molecule has 7 nitrogen and oxygen atoms in total. The van der Waals surface area contributed by atoms with Gasteiger partial charge in [0, 0.05) is 11.6 Å². The topological polar surface area (TPSA) is 101 Å². The molecule has 2 aromatic rings. The van der Waals surface area contributed by atoms with Crippen LogP contribution in [0.1, 0.15) is 35.1 Å². The molecule has 0 unspecified atom stereocenters. The van der Waals surface area contributed by atoms with E-state index in [1.165, 1.54) is 23.5 Å². The highest BCUT2D eigenvalue weighted by Crippen LogP contribution is 2.23. The van der Waals surface area contributed by atoms with Crippen molar-refractivity contribution in [2.75, 3.05) is 5.32 Å². The van der Waals surface area contributed by atoms with E-state index in [2.05, 4.69) is 20.2 Å². The summed E-state index contributed by atoms with van der Waals surface area (Å²) in [5.74, 6) is -0.410. The van der Waals surface area contributed by atoms with E-state index >= 15 is 0 Å². The fraction of sp³-hybridized carbons (Fsp3) is 0.357. The molecule has 0 atom stereocenters. The zero-order valence-electron chi connectivity index (χ0n) is 12.4. The molecule has 0 radical (unpaired) electrons. The Balaban J connectivity index is 1.77. The maximum absolute atomic E-state index is 12.2. The SMILES string of the molecule is CCc1nnc(NC(=O)c2cccc(S(=O)(=O)NC3CC3)c2)s1. The molecule has 1 aromatic carbocycles. The summed E-state index contributed by atoms with van der Waals surface area (Å²) in [7, 11) is -3.58. The average molecular weight is 352 g/mol. The monoisotopic (exact) mass is 352 g/mol. The van der Waals surface area contributed by atoms with E-state index in [4.69, 9.17) is 0 Å². The highest BCUT2D eigenvalue weighted by atomic mass is 32.2. The van der Waals surface area contributed by atoms with Crippen molar-refractivity contribution < 1.29 is 13.2 Å². The Hall–Kier alpha value is -1.84. The number of anilines is 1. The van der Waals surface area contributed by atoms with E-state index in [1.54, 1.807) is 12.1 Å². The largest absolute Gasteiger partial charge is 0.296 e. The van der Waals surface area contributed by atoms with Crippen LogP contribution in [0.15, 0.2) is 29.2 Å². The number of aryl methyl sites for hydroxylation is 1. The summed E-state index contributed by atoms with van der Waals surface area (Å²) in [6.45, 7) is 1.95. The Morgan fingerprint density at radius 1 is 1.35 bits per heavy atom. The fourth-order valence-electron chi connectivity index (χ4n) is 1.91. The summed E-state index contributed by atoms with van der Waals surface area (Å²) in [5, 5.41) is 11.7. The van der Waals surface area contributed by atoms with Gasteiger partial charge >= 0.3 is 0 Å². The van der Waals surface area contributed by atoms with Crippen molar-refractivity contribution in [2.45, 2.75) is 37.1 Å². The first-order chi connectivity index (χ1) is 11.0. The van der Waals surface area contributed by atoms with Crippen LogP contribution in [0.4, 0.5) is 5.13 Å². The van der Waals surface area contributed by atoms with E-state index in [0.29, 0.717) is 5.13 Å². The van der Waals surface area contributed by atoms with Gasteiger partial charge in [0.05, 0.1) is 4.90 Å². The van der Waals surface area contributed by atoms with Gasteiger partial charge in [-0.2, -0.15) is 0 Å². The minimum Gasteiger partial charge on any atom is -0.296 e. The molecule has 0 spiro atoms. The lowest BCUT2D eigenvalue weighted by molar-refractivity contribution is 0.102. The number of hydrogen-bond donors (Lipinski definition) is 2. The van der Waals surface area contributed by atoms with Gasteiger partial charge in [-0.05, 0) is 37.5 Å². The van der Waals surface area contributed by atoms with Crippen molar-refractivity contribution >= 4 is 32.4 Å². The van der Waals surface area contributed by atoms with Crippen molar-refractivity contribution in [1.82, 2.24) is 14.9 Å². The standard InChI is InChI=1S/C14H16N4O3S2/c1-2-12-16-17-14(22-12)15-13(19)9-4-3-5-11(8-9)23(20,21)18-10-6-7-10/h3-5,8,10,18H,2,6-7H2,1H3,(H,15,17,19). The van der Waals surface area contributed by atoms with E-state index in [0.717, 1.165) is 24.3 Å². The van der Waals surface area contributed by atoms with Gasteiger partial charge < -0.3 is 0 Å². The summed E-state index contributed by atoms with van der Waals surface area (Å²) in [6, 6.07) is 5.97. The molecular formula is C14H16N4O3S2. The Kier molecular flexibility index (Phi) is 4.42. The second-order valence-corrected chi connectivity index (χ2v) is 8.01. The lowest BCUT2D eigenvalue weighted by atomic mass is 10.2. The van der Waals surface area contributed by atoms with Crippen molar-refractivity contribution in [3.63, 3.8) is 0 Å². The quantitative estimate of drug-likeness (QED) is 0.825. The number of rotatable bonds is 6. The summed E-state index contributed by atoms with van der Waals surface area (Å²) >= 11 is 1.30. The molecule has 122 valence electrons. The maximum atomic E-state index is 12.2. The van der Waals surface area contributed by atoms with Gasteiger partial charge in [-0.3, -0.25) is 10.1 Å². The summed E-state index contributed by atoms with van der Waals surface area (Å²) < 4.78 is 27.0. The lowest BCUT2D eigenvalue weighted by Gasteiger charge is -2.07. The van der Waals surface area contributed by atoms with Crippen molar-refractivity contribution in [2.24, 2.45) is 0 Å². The Labute approximate surface area is 138 Å². The zero-order chi connectivity index (χ0) is 16.4. The highest BCUT2D eigenvalue weighted by Gasteiger charge is 2.28. The predicted molar refractivity (Wildman–Crippen MR) is 87.0 cm³/mol. The summed E-state index contributed by atoms with van der Waals surface area (Å²) in [6.07, 6.45) is 2.46. The highest BCUT2D eigenvalue weighted by molar-refractivity contribution is 7.89. The third-order valence-electron chi connectivity index (χ3n) is 3.30. The van der Waals surface area contributed by atoms with Gasteiger partial charge in [0.1, 0.15) is 5.01 Å². The van der Waals surface area contributed by atoms with Crippen molar-refractivity contribution in [1.29, 1.82) is 0 Å². The molecular weight excluding hydrogens is 336 g/mol. The van der Waals surface area contributed by atoms with Crippen LogP contribution in [0.5, 0.6) is 0 Å². The number of carbonyl (C=O) groups excluding carboxylic acids is 1. The van der Waals surface area contributed by atoms with Crippen molar-refractivity contribution in [3.8, 4) is 0 Å². The molecule has 23 heavy (non-hydrogen) atoms. The lowest BCUT2D eigenvalue weighted by Crippen LogP contribution is -2.26. The number of sulfonamides is 1. The molecule has 0 aliphatic heterocycles. The van der Waals surface area contributed by atoms with Crippen LogP contribution in [-0.4, -0.2) is 30.6 Å². The van der Waals surface area contributed by atoms with Gasteiger partial charge in [-0.25, -0.2) is 13.1 Å². The molecule has 1 saturated carbocycles. The van der Waals surface area contributed by atoms with Crippen LogP contribution >= 0.6 is 11.3 Å². The van der Waals surface area contributed by atoms with Crippen LogP contribution in [-0.2, 0) is 16.4 Å². The molecule has 1 aromatic heterocycles. The van der Waals surface area contributed by atoms with Gasteiger partial charge in [-0.1, -0.05) is 24.3 Å². The van der Waals surface area contributed by atoms with Crippen molar-refractivity contribution in [3.05, 3.63) is 34.8 Å². The predicted octanol–water partition coefficient (Wildman–Crippen LogP) is 1.79. The zero-order valence-corrected chi connectivity index (χ0v) is 14.1. The number of hydrogen-bond acceptors (Lipinski definition) is 6. The van der Waals surface area contributed by atoms with Gasteiger partial charge in [0.25, 0.3) is 5.91 Å². The second-order valence-electron chi connectivity index (χ2n) is 5.23. The first kappa shape index (κ1) is 16.0. The third kappa shape index (κ3) is 3.92. The van der Waals surface area contributed by atoms with Crippen LogP contribution in [0.2, 0.25) is 0 Å². The average Bonchev–Trinajstić information content (AvgIpc) is 3.22. The Morgan fingerprint density at radius 2 is 2.13 bits per heavy atom. The van der Waals surface area contributed by atoms with Crippen LogP contribution in [0.25, 0.3) is 0 Å². The van der Waals surface area contributed by atoms with Crippen LogP contribution in [0, 0.1) is 0 Å². The molecule has 1 heterocycles. The Morgan fingerprint density at radius 3 is 2.78 bits per heavy atom. The number of benzene rings is 1. The minimum atomic E-state index is -3.58. The molecule has 1 aliphatic rings. The summed E-state index contributed by atoms with van der Waals surface area (Å²) in [4.78, 5) is 12.3. The normalized spacial score (nSPS) is 14.7. The smallest absolute Gasteiger partial charge is 0.257 e. The number of nitrogens with one attached hydrogen (secondary N) is 2. The first-order valence-electron chi connectivity index (χ1n) is 7.24. The molecule has 1 amide bonds. The number of carbonyl (C=O) groups is 1. The van der Waals surface area contributed by atoms with Crippen LogP contribution in [0.3, 0.4) is 0 Å². The molecule has 1 fully saturated rings. The molecule has 3 rings (SSSR count). The molecule has 2 N–H and O–H groups in total. The summed E-state index contributed by atoms with van der Waals surface area (Å²) in [5.41, 5.74) is 0.261. The molecule has 1 aliphatic carbocycles. The van der Waals surface area contributed by atoms with E-state index in [9.17, 15) is 13.2 Å². The Bertz CT molecular complexity index is 828. The van der Waals surface area contributed by atoms with Gasteiger partial charge in [0.15, 0.2) is 0 Å². The van der Waals surface area contributed by atoms with Gasteiger partial charge in [-0.15, -0.1) is 10.2 Å². The third-order valence-corrected chi connectivity index (χ3v) is 5.80. The second kappa shape index (κ2) is 6.34. The fourth-order valence-corrected chi connectivity index (χ4v) is 3.93. The first-order valence-corrected chi connectivity index (χ1v) is 9.54. The molecule has 0 bridgehead atoms. The molecule has 9 heteroatoms. The minimum absolute atomic E-state index is 0.0198. The van der Waals surface area contributed by atoms with E-state index in [1.807, 2.05) is 6.92 Å². The maximum Gasteiger partial charge on any atom is 0.257 e. The van der Waals surface area contributed by atoms with E-state index in [-0.39, 0.29) is 16.5 Å².